The maximum atomic E-state index is 13.0. The third kappa shape index (κ3) is 4.87. The predicted molar refractivity (Wildman–Crippen MR) is 71.0 cm³/mol. The summed E-state index contributed by atoms with van der Waals surface area (Å²) >= 11 is 0. The topological polar surface area (TPSA) is 66.8 Å². The minimum Gasteiger partial charge on any atom is -0.484 e. The van der Waals surface area contributed by atoms with Crippen molar-refractivity contribution >= 4 is 11.9 Å². The van der Waals surface area contributed by atoms with Crippen LogP contribution in [0.1, 0.15) is 20.3 Å². The van der Waals surface area contributed by atoms with Crippen LogP contribution in [-0.4, -0.2) is 41.1 Å². The van der Waals surface area contributed by atoms with E-state index in [2.05, 4.69) is 0 Å². The average molecular weight is 283 g/mol. The van der Waals surface area contributed by atoms with Crippen LogP contribution in [-0.2, 0) is 9.59 Å². The van der Waals surface area contributed by atoms with Gasteiger partial charge >= 0.3 is 5.97 Å². The molecule has 1 rings (SSSR count). The van der Waals surface area contributed by atoms with E-state index >= 15 is 0 Å². The lowest BCUT2D eigenvalue weighted by Crippen LogP contribution is -2.44. The number of carboxylic acid groups (broad SMARTS) is 1. The van der Waals surface area contributed by atoms with Gasteiger partial charge in [0.05, 0.1) is 0 Å². The molecule has 1 aromatic carbocycles. The molecule has 1 unspecified atom stereocenters. The van der Waals surface area contributed by atoms with Gasteiger partial charge in [0.15, 0.2) is 6.61 Å². The Hall–Kier alpha value is -2.11. The Labute approximate surface area is 117 Å². The second-order valence-corrected chi connectivity index (χ2v) is 4.42. The van der Waals surface area contributed by atoms with Crippen molar-refractivity contribution in [2.45, 2.75) is 26.3 Å². The molecule has 1 aromatic rings. The second kappa shape index (κ2) is 7.47. The largest absolute Gasteiger partial charge is 0.484 e. The second-order valence-electron chi connectivity index (χ2n) is 4.42. The maximum absolute atomic E-state index is 13.0. The number of nitrogens with zero attached hydrogens (tertiary/aromatic N) is 1. The zero-order valence-corrected chi connectivity index (χ0v) is 11.5. The lowest BCUT2D eigenvalue weighted by atomic mass is 10.2. The van der Waals surface area contributed by atoms with Crippen LogP contribution in [0.15, 0.2) is 24.3 Å². The van der Waals surface area contributed by atoms with E-state index in [0.717, 1.165) is 6.07 Å². The van der Waals surface area contributed by atoms with Crippen molar-refractivity contribution in [3.05, 3.63) is 30.1 Å². The fourth-order valence-electron chi connectivity index (χ4n) is 1.64. The summed E-state index contributed by atoms with van der Waals surface area (Å²) in [5.41, 5.74) is 0. The van der Waals surface area contributed by atoms with Gasteiger partial charge in [0.1, 0.15) is 18.1 Å². The minimum absolute atomic E-state index is 0.199. The Morgan fingerprint density at radius 2 is 2.15 bits per heavy atom. The molecule has 0 aliphatic rings. The molecule has 0 saturated carbocycles. The first kappa shape index (κ1) is 15.9. The highest BCUT2D eigenvalue weighted by atomic mass is 19.1. The van der Waals surface area contributed by atoms with E-state index < -0.39 is 17.7 Å². The molecule has 0 aliphatic heterocycles. The summed E-state index contributed by atoms with van der Waals surface area (Å²) in [6, 6.07) is 5.23. The first-order chi connectivity index (χ1) is 9.43. The van der Waals surface area contributed by atoms with E-state index in [9.17, 15) is 14.0 Å². The summed E-state index contributed by atoms with van der Waals surface area (Å²) in [7, 11) is 0. The Balaban J connectivity index is 2.64. The summed E-state index contributed by atoms with van der Waals surface area (Å²) in [6.45, 7) is 2.94. The Kier molecular flexibility index (Phi) is 5.96. The van der Waals surface area contributed by atoms with Crippen LogP contribution in [0.2, 0.25) is 0 Å². The normalized spacial score (nSPS) is 11.8. The smallest absolute Gasteiger partial charge is 0.323 e. The van der Waals surface area contributed by atoms with E-state index in [-0.39, 0.29) is 24.9 Å². The number of rotatable bonds is 7. The number of ether oxygens (including phenoxy) is 1. The molecule has 1 N–H and O–H groups in total. The number of carbonyl (C=O) groups excluding carboxylic acids is 1. The van der Waals surface area contributed by atoms with Crippen LogP contribution in [0, 0.1) is 5.82 Å². The van der Waals surface area contributed by atoms with Gasteiger partial charge in [0.25, 0.3) is 5.91 Å². The van der Waals surface area contributed by atoms with Gasteiger partial charge in [-0.3, -0.25) is 9.59 Å². The van der Waals surface area contributed by atoms with E-state index in [1.807, 2.05) is 6.92 Å². The number of aliphatic carboxylic acids is 1. The molecule has 0 aromatic heterocycles. The first-order valence-electron chi connectivity index (χ1n) is 6.33. The molecule has 6 heteroatoms. The Morgan fingerprint density at radius 1 is 1.45 bits per heavy atom. The number of carbonyl (C=O) groups is 2. The van der Waals surface area contributed by atoms with Crippen molar-refractivity contribution < 1.29 is 23.8 Å². The third-order valence-corrected chi connectivity index (χ3v) is 2.91. The fraction of sp³-hybridized carbons (Fsp3) is 0.429. The van der Waals surface area contributed by atoms with Crippen molar-refractivity contribution in [2.75, 3.05) is 13.2 Å². The number of amides is 1. The first-order valence-corrected chi connectivity index (χ1v) is 6.33. The lowest BCUT2D eigenvalue weighted by molar-refractivity contribution is -0.147. The van der Waals surface area contributed by atoms with Crippen LogP contribution in [0.3, 0.4) is 0 Å². The third-order valence-electron chi connectivity index (χ3n) is 2.91. The summed E-state index contributed by atoms with van der Waals surface area (Å²) in [5, 5.41) is 8.81. The standard InChI is InChI=1S/C14H18FNO4/c1-3-10(2)16(8-14(18)19)13(17)9-20-12-6-4-5-11(15)7-12/h4-7,10H,3,8-9H2,1-2H3,(H,18,19). The molecule has 1 amide bonds. The van der Waals surface area contributed by atoms with Gasteiger partial charge in [0.2, 0.25) is 0 Å². The van der Waals surface area contributed by atoms with Crippen molar-refractivity contribution in [1.82, 2.24) is 4.90 Å². The van der Waals surface area contributed by atoms with Crippen LogP contribution in [0.25, 0.3) is 0 Å². The number of carboxylic acids is 1. The highest BCUT2D eigenvalue weighted by molar-refractivity contribution is 5.82. The molecule has 0 bridgehead atoms. The van der Waals surface area contributed by atoms with Crippen LogP contribution in [0.5, 0.6) is 5.75 Å². The molecular formula is C14H18FNO4. The van der Waals surface area contributed by atoms with Crippen LogP contribution < -0.4 is 4.74 Å². The monoisotopic (exact) mass is 283 g/mol. The van der Waals surface area contributed by atoms with Crippen molar-refractivity contribution in [3.63, 3.8) is 0 Å². The number of hydrogen-bond acceptors (Lipinski definition) is 3. The van der Waals surface area contributed by atoms with Gasteiger partial charge in [-0.05, 0) is 25.5 Å². The Bertz CT molecular complexity index is 478. The van der Waals surface area contributed by atoms with Crippen LogP contribution >= 0.6 is 0 Å². The summed E-state index contributed by atoms with van der Waals surface area (Å²) in [5.74, 6) is -1.74. The van der Waals surface area contributed by atoms with Crippen molar-refractivity contribution in [3.8, 4) is 5.75 Å². The van der Waals surface area contributed by atoms with Gasteiger partial charge < -0.3 is 14.7 Å². The molecule has 0 fully saturated rings. The van der Waals surface area contributed by atoms with E-state index in [0.29, 0.717) is 6.42 Å². The van der Waals surface area contributed by atoms with E-state index in [1.54, 1.807) is 6.92 Å². The number of halogens is 1. The summed E-state index contributed by atoms with van der Waals surface area (Å²) < 4.78 is 18.1. The summed E-state index contributed by atoms with van der Waals surface area (Å²) in [6.07, 6.45) is 0.638. The predicted octanol–water partition coefficient (Wildman–Crippen LogP) is 1.92. The molecule has 0 spiro atoms. The molecule has 110 valence electrons. The molecular weight excluding hydrogens is 265 g/mol. The molecule has 0 heterocycles. The van der Waals surface area contributed by atoms with Gasteiger partial charge in [-0.25, -0.2) is 4.39 Å². The quantitative estimate of drug-likeness (QED) is 0.830. The van der Waals surface area contributed by atoms with E-state index in [1.165, 1.54) is 23.1 Å². The van der Waals surface area contributed by atoms with Gasteiger partial charge in [-0.15, -0.1) is 0 Å². The summed E-state index contributed by atoms with van der Waals surface area (Å²) in [4.78, 5) is 24.0. The van der Waals surface area contributed by atoms with Crippen molar-refractivity contribution in [1.29, 1.82) is 0 Å². The molecule has 1 atom stereocenters. The average Bonchev–Trinajstić information content (AvgIpc) is 2.41. The molecule has 5 nitrogen and oxygen atoms in total. The minimum atomic E-state index is -1.08. The van der Waals surface area contributed by atoms with Crippen molar-refractivity contribution in [2.24, 2.45) is 0 Å². The number of benzene rings is 1. The zero-order valence-electron chi connectivity index (χ0n) is 11.5. The molecule has 0 aliphatic carbocycles. The number of hydrogen-bond donors (Lipinski definition) is 1. The van der Waals surface area contributed by atoms with Crippen LogP contribution in [0.4, 0.5) is 4.39 Å². The molecule has 0 radical (unpaired) electrons. The lowest BCUT2D eigenvalue weighted by Gasteiger charge is -2.26. The molecule has 0 saturated heterocycles. The molecule has 20 heavy (non-hydrogen) atoms. The van der Waals surface area contributed by atoms with Gasteiger partial charge in [0, 0.05) is 12.1 Å². The highest BCUT2D eigenvalue weighted by Crippen LogP contribution is 2.12. The van der Waals surface area contributed by atoms with Gasteiger partial charge in [-0.2, -0.15) is 0 Å². The Morgan fingerprint density at radius 3 is 2.70 bits per heavy atom. The van der Waals surface area contributed by atoms with Gasteiger partial charge in [-0.1, -0.05) is 13.0 Å². The maximum Gasteiger partial charge on any atom is 0.323 e. The fourth-order valence-corrected chi connectivity index (χ4v) is 1.64. The van der Waals surface area contributed by atoms with E-state index in [4.69, 9.17) is 9.84 Å². The SMILES string of the molecule is CCC(C)N(CC(=O)O)C(=O)COc1cccc(F)c1. The zero-order chi connectivity index (χ0) is 15.1. The highest BCUT2D eigenvalue weighted by Gasteiger charge is 2.21.